The van der Waals surface area contributed by atoms with Crippen LogP contribution in [0.15, 0.2) is 42.5 Å². The SMILES string of the molecule is N#Cc1cccc(-c2ccccc2F)n1. The summed E-state index contributed by atoms with van der Waals surface area (Å²) in [5, 5.41) is 8.67. The Kier molecular flexibility index (Phi) is 2.42. The largest absolute Gasteiger partial charge is 0.237 e. The molecule has 3 heteroatoms. The maximum absolute atomic E-state index is 13.4. The maximum atomic E-state index is 13.4. The summed E-state index contributed by atoms with van der Waals surface area (Å²) in [6.45, 7) is 0. The van der Waals surface area contributed by atoms with E-state index in [1.165, 1.54) is 6.07 Å². The predicted molar refractivity (Wildman–Crippen MR) is 54.3 cm³/mol. The van der Waals surface area contributed by atoms with Gasteiger partial charge >= 0.3 is 0 Å². The van der Waals surface area contributed by atoms with Crippen molar-refractivity contribution in [3.05, 3.63) is 54.0 Å². The van der Waals surface area contributed by atoms with Gasteiger partial charge in [-0.1, -0.05) is 18.2 Å². The van der Waals surface area contributed by atoms with E-state index in [1.807, 2.05) is 6.07 Å². The number of rotatable bonds is 1. The van der Waals surface area contributed by atoms with Gasteiger partial charge in [0.2, 0.25) is 0 Å². The van der Waals surface area contributed by atoms with E-state index < -0.39 is 0 Å². The highest BCUT2D eigenvalue weighted by Gasteiger charge is 2.05. The normalized spacial score (nSPS) is 9.60. The second-order valence-electron chi connectivity index (χ2n) is 3.00. The molecule has 0 aliphatic rings. The summed E-state index contributed by atoms with van der Waals surface area (Å²) in [5.74, 6) is -0.333. The molecule has 0 aliphatic carbocycles. The first kappa shape index (κ1) is 9.35. The minimum atomic E-state index is -0.333. The molecule has 1 heterocycles. The average molecular weight is 198 g/mol. The third-order valence-electron chi connectivity index (χ3n) is 2.01. The van der Waals surface area contributed by atoms with E-state index in [-0.39, 0.29) is 11.5 Å². The molecule has 0 amide bonds. The van der Waals surface area contributed by atoms with E-state index in [2.05, 4.69) is 4.98 Å². The standard InChI is InChI=1S/C12H7FN2/c13-11-6-2-1-5-10(11)12-7-3-4-9(8-14)15-12/h1-7H. The van der Waals surface area contributed by atoms with Gasteiger partial charge in [0.1, 0.15) is 17.6 Å². The molecule has 0 fully saturated rings. The van der Waals surface area contributed by atoms with Crippen molar-refractivity contribution >= 4 is 0 Å². The first-order valence-corrected chi connectivity index (χ1v) is 4.43. The van der Waals surface area contributed by atoms with Gasteiger partial charge in [0.25, 0.3) is 0 Å². The third-order valence-corrected chi connectivity index (χ3v) is 2.01. The van der Waals surface area contributed by atoms with Crippen LogP contribution in [-0.2, 0) is 0 Å². The Bertz CT molecular complexity index is 529. The van der Waals surface area contributed by atoms with Gasteiger partial charge in [-0.3, -0.25) is 0 Å². The van der Waals surface area contributed by atoms with Crippen LogP contribution in [0.4, 0.5) is 4.39 Å². The Morgan fingerprint density at radius 2 is 1.87 bits per heavy atom. The second kappa shape index (κ2) is 3.89. The number of pyridine rings is 1. The first-order chi connectivity index (χ1) is 7.31. The molecule has 2 rings (SSSR count). The zero-order valence-electron chi connectivity index (χ0n) is 7.81. The first-order valence-electron chi connectivity index (χ1n) is 4.43. The highest BCUT2D eigenvalue weighted by Crippen LogP contribution is 2.20. The van der Waals surface area contributed by atoms with Crippen molar-refractivity contribution in [3.8, 4) is 17.3 Å². The molecule has 2 nitrogen and oxygen atoms in total. The number of hydrogen-bond acceptors (Lipinski definition) is 2. The summed E-state index contributed by atoms with van der Waals surface area (Å²) in [5.41, 5.74) is 1.18. The van der Waals surface area contributed by atoms with Crippen molar-refractivity contribution < 1.29 is 4.39 Å². The maximum Gasteiger partial charge on any atom is 0.141 e. The molecule has 0 unspecified atom stereocenters. The van der Waals surface area contributed by atoms with E-state index in [0.29, 0.717) is 11.3 Å². The topological polar surface area (TPSA) is 36.7 Å². The molecule has 1 aromatic heterocycles. The van der Waals surface area contributed by atoms with Gasteiger partial charge in [0, 0.05) is 5.56 Å². The van der Waals surface area contributed by atoms with Crippen molar-refractivity contribution in [2.45, 2.75) is 0 Å². The van der Waals surface area contributed by atoms with Gasteiger partial charge < -0.3 is 0 Å². The number of hydrogen-bond donors (Lipinski definition) is 0. The molecule has 0 spiro atoms. The van der Waals surface area contributed by atoms with E-state index in [1.54, 1.807) is 36.4 Å². The molecule has 0 atom stereocenters. The van der Waals surface area contributed by atoms with E-state index in [9.17, 15) is 4.39 Å². The second-order valence-corrected chi connectivity index (χ2v) is 3.00. The number of halogens is 1. The monoisotopic (exact) mass is 198 g/mol. The van der Waals surface area contributed by atoms with Crippen molar-refractivity contribution in [1.29, 1.82) is 5.26 Å². The smallest absolute Gasteiger partial charge is 0.141 e. The van der Waals surface area contributed by atoms with Crippen LogP contribution >= 0.6 is 0 Å². The van der Waals surface area contributed by atoms with E-state index >= 15 is 0 Å². The summed E-state index contributed by atoms with van der Waals surface area (Å²) >= 11 is 0. The van der Waals surface area contributed by atoms with Gasteiger partial charge in [0.05, 0.1) is 5.69 Å². The molecule has 0 saturated carbocycles. The van der Waals surface area contributed by atoms with Crippen LogP contribution in [0.1, 0.15) is 5.69 Å². The van der Waals surface area contributed by atoms with Crippen LogP contribution in [-0.4, -0.2) is 4.98 Å². The molecule has 0 aliphatic heterocycles. The zero-order valence-corrected chi connectivity index (χ0v) is 7.81. The molecule has 0 N–H and O–H groups in total. The molecule has 0 saturated heterocycles. The molecular weight excluding hydrogens is 191 g/mol. The summed E-state index contributed by atoms with van der Waals surface area (Å²) in [4.78, 5) is 4.02. The highest BCUT2D eigenvalue weighted by atomic mass is 19.1. The van der Waals surface area contributed by atoms with Crippen LogP contribution in [0, 0.1) is 17.1 Å². The van der Waals surface area contributed by atoms with E-state index in [4.69, 9.17) is 5.26 Å². The fourth-order valence-electron chi connectivity index (χ4n) is 1.32. The Balaban J connectivity index is 2.55. The van der Waals surface area contributed by atoms with E-state index in [0.717, 1.165) is 0 Å². The average Bonchev–Trinajstić information content (AvgIpc) is 2.30. The predicted octanol–water partition coefficient (Wildman–Crippen LogP) is 2.76. The fourth-order valence-corrected chi connectivity index (χ4v) is 1.32. The Labute approximate surface area is 86.6 Å². The Hall–Kier alpha value is -2.21. The van der Waals surface area contributed by atoms with Crippen LogP contribution < -0.4 is 0 Å². The third kappa shape index (κ3) is 1.84. The number of aromatic nitrogens is 1. The molecule has 1 aromatic carbocycles. The number of nitriles is 1. The van der Waals surface area contributed by atoms with Gasteiger partial charge in [-0.25, -0.2) is 9.37 Å². The lowest BCUT2D eigenvalue weighted by atomic mass is 10.1. The summed E-state index contributed by atoms with van der Waals surface area (Å²) < 4.78 is 13.4. The van der Waals surface area contributed by atoms with Gasteiger partial charge in [-0.2, -0.15) is 5.26 Å². The van der Waals surface area contributed by atoms with Crippen molar-refractivity contribution in [2.75, 3.05) is 0 Å². The van der Waals surface area contributed by atoms with Crippen LogP contribution in [0.25, 0.3) is 11.3 Å². The van der Waals surface area contributed by atoms with Crippen LogP contribution in [0.5, 0.6) is 0 Å². The fraction of sp³-hybridized carbons (Fsp3) is 0. The molecule has 15 heavy (non-hydrogen) atoms. The Morgan fingerprint density at radius 1 is 1.07 bits per heavy atom. The summed E-state index contributed by atoms with van der Waals surface area (Å²) in [7, 11) is 0. The Morgan fingerprint density at radius 3 is 2.60 bits per heavy atom. The lowest BCUT2D eigenvalue weighted by molar-refractivity contribution is 0.630. The molecular formula is C12H7FN2. The minimum absolute atomic E-state index is 0.288. The zero-order chi connectivity index (χ0) is 10.7. The molecule has 0 bridgehead atoms. The van der Waals surface area contributed by atoms with Crippen molar-refractivity contribution in [2.24, 2.45) is 0 Å². The number of nitrogens with zero attached hydrogens (tertiary/aromatic N) is 2. The van der Waals surface area contributed by atoms with Gasteiger partial charge in [0.15, 0.2) is 0 Å². The molecule has 0 radical (unpaired) electrons. The minimum Gasteiger partial charge on any atom is -0.237 e. The summed E-state index contributed by atoms with van der Waals surface area (Å²) in [6.07, 6.45) is 0. The number of benzene rings is 1. The lowest BCUT2D eigenvalue weighted by Crippen LogP contribution is -1.89. The van der Waals surface area contributed by atoms with Crippen LogP contribution in [0.2, 0.25) is 0 Å². The molecule has 2 aromatic rings. The summed E-state index contributed by atoms with van der Waals surface area (Å²) in [6, 6.07) is 13.2. The van der Waals surface area contributed by atoms with Gasteiger partial charge in [-0.05, 0) is 24.3 Å². The quantitative estimate of drug-likeness (QED) is 0.706. The highest BCUT2D eigenvalue weighted by molar-refractivity contribution is 5.60. The van der Waals surface area contributed by atoms with Crippen molar-refractivity contribution in [3.63, 3.8) is 0 Å². The molecule has 72 valence electrons. The van der Waals surface area contributed by atoms with Crippen LogP contribution in [0.3, 0.4) is 0 Å². The van der Waals surface area contributed by atoms with Crippen molar-refractivity contribution in [1.82, 2.24) is 4.98 Å². The lowest BCUT2D eigenvalue weighted by Gasteiger charge is -2.01. The van der Waals surface area contributed by atoms with Gasteiger partial charge in [-0.15, -0.1) is 0 Å².